The van der Waals surface area contributed by atoms with Gasteiger partial charge in [0.05, 0.1) is 24.8 Å². The van der Waals surface area contributed by atoms with Gasteiger partial charge < -0.3 is 10.2 Å². The number of rotatable bonds is 2. The van der Waals surface area contributed by atoms with Crippen LogP contribution in [0, 0.1) is 11.3 Å². The second-order valence-electron chi connectivity index (χ2n) is 3.40. The number of nitrogens with one attached hydrogen (secondary N) is 1. The Labute approximate surface area is 89.0 Å². The summed E-state index contributed by atoms with van der Waals surface area (Å²) in [7, 11) is 0. The lowest BCUT2D eigenvalue weighted by atomic mass is 10.2. The number of anilines is 1. The van der Waals surface area contributed by atoms with E-state index in [9.17, 15) is 0 Å². The van der Waals surface area contributed by atoms with Crippen LogP contribution in [-0.4, -0.2) is 31.3 Å². The molecule has 1 fully saturated rings. The van der Waals surface area contributed by atoms with Crippen molar-refractivity contribution in [2.24, 2.45) is 0 Å². The molecule has 0 amide bonds. The van der Waals surface area contributed by atoms with Crippen molar-refractivity contribution >= 4 is 5.69 Å². The molecule has 1 aromatic rings. The van der Waals surface area contributed by atoms with Gasteiger partial charge in [0.1, 0.15) is 0 Å². The molecule has 0 spiro atoms. The summed E-state index contributed by atoms with van der Waals surface area (Å²) in [5, 5.41) is 10.8. The molecule has 2 rings (SSSR count). The van der Waals surface area contributed by atoms with Crippen molar-refractivity contribution in [2.75, 3.05) is 31.7 Å². The normalized spacial score (nSPS) is 17.0. The molecule has 0 aliphatic carbocycles. The molecule has 15 heavy (non-hydrogen) atoms. The predicted octanol–water partition coefficient (Wildman–Crippen LogP) is 1.22. The van der Waals surface area contributed by atoms with Crippen molar-refractivity contribution < 1.29 is 4.74 Å². The van der Waals surface area contributed by atoms with Crippen LogP contribution in [0.15, 0.2) is 24.3 Å². The summed E-state index contributed by atoms with van der Waals surface area (Å²) in [6.45, 7) is 3.31. The van der Waals surface area contributed by atoms with E-state index in [2.05, 4.69) is 16.5 Å². The molecule has 0 saturated carbocycles. The van der Waals surface area contributed by atoms with Crippen molar-refractivity contribution in [1.82, 2.24) is 5.01 Å². The summed E-state index contributed by atoms with van der Waals surface area (Å²) in [6.07, 6.45) is 0. The second kappa shape index (κ2) is 4.78. The van der Waals surface area contributed by atoms with Crippen LogP contribution >= 0.6 is 0 Å². The minimum absolute atomic E-state index is 0.683. The maximum absolute atomic E-state index is 8.65. The Kier molecular flexibility index (Phi) is 3.18. The van der Waals surface area contributed by atoms with Crippen LogP contribution in [0.1, 0.15) is 5.56 Å². The maximum Gasteiger partial charge on any atom is 0.0991 e. The standard InChI is InChI=1S/C11H13N3O/c12-9-10-1-3-11(4-2-10)13-14-5-7-15-8-6-14/h1-4,13H,5-8H2. The van der Waals surface area contributed by atoms with Crippen LogP contribution in [-0.2, 0) is 4.74 Å². The fraction of sp³-hybridized carbons (Fsp3) is 0.364. The Morgan fingerprint density at radius 2 is 1.87 bits per heavy atom. The highest BCUT2D eigenvalue weighted by Gasteiger charge is 2.09. The summed E-state index contributed by atoms with van der Waals surface area (Å²) >= 11 is 0. The molecule has 1 heterocycles. The monoisotopic (exact) mass is 203 g/mol. The van der Waals surface area contributed by atoms with E-state index in [4.69, 9.17) is 10.00 Å². The van der Waals surface area contributed by atoms with Crippen LogP contribution in [0.25, 0.3) is 0 Å². The second-order valence-corrected chi connectivity index (χ2v) is 3.40. The summed E-state index contributed by atoms with van der Waals surface area (Å²) < 4.78 is 5.25. The molecule has 0 unspecified atom stereocenters. The van der Waals surface area contributed by atoms with Gasteiger partial charge in [-0.2, -0.15) is 5.26 Å². The number of nitrogens with zero attached hydrogens (tertiary/aromatic N) is 2. The van der Waals surface area contributed by atoms with Gasteiger partial charge in [0.25, 0.3) is 0 Å². The zero-order valence-corrected chi connectivity index (χ0v) is 8.44. The van der Waals surface area contributed by atoms with Crippen LogP contribution < -0.4 is 5.43 Å². The van der Waals surface area contributed by atoms with Gasteiger partial charge in [0.2, 0.25) is 0 Å². The van der Waals surface area contributed by atoms with Gasteiger partial charge in [-0.1, -0.05) is 0 Å². The van der Waals surface area contributed by atoms with Crippen LogP contribution in [0.5, 0.6) is 0 Å². The molecule has 78 valence electrons. The first kappa shape index (κ1) is 9.97. The number of hydrogen-bond acceptors (Lipinski definition) is 4. The number of nitriles is 1. The van der Waals surface area contributed by atoms with Crippen molar-refractivity contribution in [3.05, 3.63) is 29.8 Å². The van der Waals surface area contributed by atoms with E-state index in [1.165, 1.54) is 0 Å². The van der Waals surface area contributed by atoms with Crippen LogP contribution in [0.4, 0.5) is 5.69 Å². The van der Waals surface area contributed by atoms with E-state index in [0.717, 1.165) is 32.0 Å². The highest BCUT2D eigenvalue weighted by molar-refractivity contribution is 5.46. The average Bonchev–Trinajstić information content (AvgIpc) is 2.31. The smallest absolute Gasteiger partial charge is 0.0991 e. The third kappa shape index (κ3) is 2.69. The Bertz CT molecular complexity index is 349. The molecule has 0 aromatic heterocycles. The minimum Gasteiger partial charge on any atom is -0.379 e. The average molecular weight is 203 g/mol. The summed E-state index contributed by atoms with van der Waals surface area (Å²) in [5.41, 5.74) is 4.97. The highest BCUT2D eigenvalue weighted by Crippen LogP contribution is 2.10. The number of ether oxygens (including phenoxy) is 1. The van der Waals surface area contributed by atoms with E-state index in [1.807, 2.05) is 24.3 Å². The van der Waals surface area contributed by atoms with Crippen molar-refractivity contribution in [3.63, 3.8) is 0 Å². The molecule has 4 heteroatoms. The lowest BCUT2D eigenvalue weighted by Gasteiger charge is -2.27. The number of hydrazine groups is 1. The Morgan fingerprint density at radius 3 is 2.47 bits per heavy atom. The molecule has 1 saturated heterocycles. The van der Waals surface area contributed by atoms with Gasteiger partial charge in [0, 0.05) is 18.8 Å². The first-order chi connectivity index (χ1) is 7.38. The molecular formula is C11H13N3O. The first-order valence-corrected chi connectivity index (χ1v) is 4.98. The zero-order valence-electron chi connectivity index (χ0n) is 8.44. The SMILES string of the molecule is N#Cc1ccc(NN2CCOCC2)cc1. The molecule has 0 atom stereocenters. The molecule has 1 aliphatic heterocycles. The van der Waals surface area contributed by atoms with Crippen LogP contribution in [0.3, 0.4) is 0 Å². The lowest BCUT2D eigenvalue weighted by molar-refractivity contribution is 0.0497. The van der Waals surface area contributed by atoms with Crippen molar-refractivity contribution in [1.29, 1.82) is 5.26 Å². The minimum atomic E-state index is 0.683. The Morgan fingerprint density at radius 1 is 1.20 bits per heavy atom. The summed E-state index contributed by atoms with van der Waals surface area (Å²) in [4.78, 5) is 0. The molecule has 0 bridgehead atoms. The fourth-order valence-electron chi connectivity index (χ4n) is 1.48. The fourth-order valence-corrected chi connectivity index (χ4v) is 1.48. The number of benzene rings is 1. The molecule has 1 aliphatic rings. The third-order valence-corrected chi connectivity index (χ3v) is 2.31. The highest BCUT2D eigenvalue weighted by atomic mass is 16.5. The molecule has 1 N–H and O–H groups in total. The van der Waals surface area contributed by atoms with Gasteiger partial charge in [-0.15, -0.1) is 0 Å². The molecule has 0 radical (unpaired) electrons. The molecule has 4 nitrogen and oxygen atoms in total. The first-order valence-electron chi connectivity index (χ1n) is 4.98. The molecule has 1 aromatic carbocycles. The predicted molar refractivity (Wildman–Crippen MR) is 57.2 cm³/mol. The quantitative estimate of drug-likeness (QED) is 0.785. The number of hydrogen-bond donors (Lipinski definition) is 1. The van der Waals surface area contributed by atoms with Crippen molar-refractivity contribution in [3.8, 4) is 6.07 Å². The Hall–Kier alpha value is -1.57. The van der Waals surface area contributed by atoms with Gasteiger partial charge in [-0.3, -0.25) is 0 Å². The third-order valence-electron chi connectivity index (χ3n) is 2.31. The van der Waals surface area contributed by atoms with E-state index in [0.29, 0.717) is 5.56 Å². The van der Waals surface area contributed by atoms with Gasteiger partial charge in [-0.05, 0) is 24.3 Å². The van der Waals surface area contributed by atoms with Crippen molar-refractivity contribution in [2.45, 2.75) is 0 Å². The maximum atomic E-state index is 8.65. The largest absolute Gasteiger partial charge is 0.379 e. The zero-order chi connectivity index (χ0) is 10.5. The van der Waals surface area contributed by atoms with Gasteiger partial charge >= 0.3 is 0 Å². The van der Waals surface area contributed by atoms with E-state index >= 15 is 0 Å². The number of morpholine rings is 1. The summed E-state index contributed by atoms with van der Waals surface area (Å²) in [6, 6.07) is 9.53. The van der Waals surface area contributed by atoms with Gasteiger partial charge in [0.15, 0.2) is 0 Å². The summed E-state index contributed by atoms with van der Waals surface area (Å²) in [5.74, 6) is 0. The van der Waals surface area contributed by atoms with Gasteiger partial charge in [-0.25, -0.2) is 5.01 Å². The van der Waals surface area contributed by atoms with E-state index in [1.54, 1.807) is 0 Å². The molecular weight excluding hydrogens is 190 g/mol. The van der Waals surface area contributed by atoms with E-state index < -0.39 is 0 Å². The van der Waals surface area contributed by atoms with E-state index in [-0.39, 0.29) is 0 Å². The van der Waals surface area contributed by atoms with Crippen LogP contribution in [0.2, 0.25) is 0 Å². The lowest BCUT2D eigenvalue weighted by Crippen LogP contribution is -2.40. The topological polar surface area (TPSA) is 48.3 Å². The Balaban J connectivity index is 1.95.